The van der Waals surface area contributed by atoms with Crippen molar-refractivity contribution in [1.82, 2.24) is 14.9 Å². The molecule has 1 fully saturated rings. The van der Waals surface area contributed by atoms with E-state index >= 15 is 0 Å². The molecular formula is C42H47Cl2N5O7. The van der Waals surface area contributed by atoms with E-state index in [0.717, 1.165) is 67.2 Å². The molecule has 0 spiro atoms. The number of nitrogens with one attached hydrogen (secondary N) is 2. The van der Waals surface area contributed by atoms with Gasteiger partial charge in [0.25, 0.3) is 0 Å². The van der Waals surface area contributed by atoms with E-state index in [1.165, 1.54) is 17.0 Å². The van der Waals surface area contributed by atoms with E-state index in [0.29, 0.717) is 40.8 Å². The minimum absolute atomic E-state index is 0. The molecule has 2 heterocycles. The van der Waals surface area contributed by atoms with Gasteiger partial charge in [-0.05, 0) is 104 Å². The predicted octanol–water partition coefficient (Wildman–Crippen LogP) is 7.25. The molecule has 1 amide bonds. The van der Waals surface area contributed by atoms with E-state index in [1.807, 2.05) is 60.7 Å². The number of aliphatic hydroxyl groups excluding tert-OH is 1. The van der Waals surface area contributed by atoms with Crippen molar-refractivity contribution in [2.45, 2.75) is 76.2 Å². The number of phenols is 1. The number of nitrogens with zero attached hydrogens (tertiary/aromatic N) is 2. The van der Waals surface area contributed by atoms with Gasteiger partial charge in [0.2, 0.25) is 5.56 Å². The fourth-order valence-corrected chi connectivity index (χ4v) is 7.66. The summed E-state index contributed by atoms with van der Waals surface area (Å²) in [6.45, 7) is 1.12. The summed E-state index contributed by atoms with van der Waals surface area (Å²) in [7, 11) is 0. The quantitative estimate of drug-likeness (QED) is 0.0654. The standard InChI is InChI=1S/C42H45N5O7.2ClH/c43-29-11-13-30(14-12-29)47(41(51)52)34-17-9-26(22-33(34)28-7-2-1-3-8-28)6-4-5-21-46-35-18-10-27(23-38(35)54-42(46)53)24-44-25-37(49)31-15-19-36(48)40-32(31)16-20-39(50)45-40;;/h1-3,7-10,15-20,22-23,29-30,37,44,48-49H,4-6,11-14,21,24-25,43H2,(H,45,50)(H,51,52);2*1H/t29?,30?,37-;;/m1../s1. The lowest BCUT2D eigenvalue weighted by atomic mass is 9.89. The number of benzene rings is 4. The third kappa shape index (κ3) is 9.29. The van der Waals surface area contributed by atoms with Gasteiger partial charge in [0.1, 0.15) is 5.75 Å². The van der Waals surface area contributed by atoms with Crippen LogP contribution in [-0.2, 0) is 19.5 Å². The number of carboxylic acid groups (broad SMARTS) is 1. The van der Waals surface area contributed by atoms with Crippen molar-refractivity contribution in [3.05, 3.63) is 129 Å². The molecule has 6 aromatic rings. The number of nitrogens with two attached hydrogens (primary N) is 1. The Morgan fingerprint density at radius 1 is 0.929 bits per heavy atom. The van der Waals surface area contributed by atoms with E-state index < -0.39 is 18.0 Å². The predicted molar refractivity (Wildman–Crippen MR) is 223 cm³/mol. The Morgan fingerprint density at radius 2 is 1.68 bits per heavy atom. The highest BCUT2D eigenvalue weighted by Gasteiger charge is 2.30. The molecule has 1 saturated carbocycles. The third-order valence-electron chi connectivity index (χ3n) is 10.5. The molecule has 0 saturated heterocycles. The Kier molecular flexibility index (Phi) is 14.0. The zero-order valence-corrected chi connectivity index (χ0v) is 32.4. The Hall–Kier alpha value is -5.11. The van der Waals surface area contributed by atoms with Crippen LogP contribution in [0, 0.1) is 0 Å². The first-order valence-electron chi connectivity index (χ1n) is 18.5. The molecule has 0 radical (unpaired) electrons. The maximum atomic E-state index is 12.9. The number of anilines is 1. The topological polar surface area (TPSA) is 187 Å². The molecule has 0 bridgehead atoms. The molecule has 56 heavy (non-hydrogen) atoms. The average molecular weight is 805 g/mol. The van der Waals surface area contributed by atoms with Gasteiger partial charge in [-0.25, -0.2) is 9.59 Å². The van der Waals surface area contributed by atoms with Gasteiger partial charge in [0.05, 0.1) is 22.8 Å². The van der Waals surface area contributed by atoms with Crippen molar-refractivity contribution < 1.29 is 24.5 Å². The van der Waals surface area contributed by atoms with E-state index in [-0.39, 0.29) is 60.3 Å². The highest BCUT2D eigenvalue weighted by molar-refractivity contribution is 5.94. The van der Waals surface area contributed by atoms with Gasteiger partial charge in [-0.15, -0.1) is 24.8 Å². The first-order chi connectivity index (χ1) is 26.2. The van der Waals surface area contributed by atoms with Crippen molar-refractivity contribution in [2.75, 3.05) is 11.4 Å². The number of aromatic hydroxyl groups is 1. The van der Waals surface area contributed by atoms with Gasteiger partial charge >= 0.3 is 11.8 Å². The number of pyridine rings is 1. The normalized spacial score (nSPS) is 15.9. The number of aromatic nitrogens is 2. The molecule has 0 aliphatic heterocycles. The van der Waals surface area contributed by atoms with Crippen molar-refractivity contribution >= 4 is 58.6 Å². The molecule has 14 heteroatoms. The number of carbonyl (C=O) groups is 1. The fraction of sp³-hybridized carbons (Fsp3) is 0.310. The lowest BCUT2D eigenvalue weighted by Gasteiger charge is -2.35. The van der Waals surface area contributed by atoms with Crippen molar-refractivity contribution in [3.63, 3.8) is 0 Å². The van der Waals surface area contributed by atoms with Crippen molar-refractivity contribution in [2.24, 2.45) is 5.73 Å². The van der Waals surface area contributed by atoms with Gasteiger partial charge in [0, 0.05) is 48.7 Å². The molecule has 4 aromatic carbocycles. The molecule has 7 N–H and O–H groups in total. The Bertz CT molecular complexity index is 2390. The van der Waals surface area contributed by atoms with Crippen LogP contribution in [-0.4, -0.2) is 49.6 Å². The molecule has 1 aliphatic rings. The van der Waals surface area contributed by atoms with Crippen molar-refractivity contribution in [3.8, 4) is 16.9 Å². The number of halogens is 2. The molecular weight excluding hydrogens is 757 g/mol. The number of unbranched alkanes of at least 4 members (excludes halogenated alkanes) is 1. The maximum absolute atomic E-state index is 12.9. The first kappa shape index (κ1) is 42.0. The van der Waals surface area contributed by atoms with Gasteiger partial charge in [-0.1, -0.05) is 48.5 Å². The number of amides is 1. The number of aryl methyl sites for hydroxylation is 2. The summed E-state index contributed by atoms with van der Waals surface area (Å²) in [6, 6.07) is 27.5. The van der Waals surface area contributed by atoms with Crippen LogP contribution >= 0.6 is 24.8 Å². The number of aliphatic hydroxyl groups is 1. The van der Waals surface area contributed by atoms with Gasteiger partial charge < -0.3 is 35.8 Å². The zero-order chi connectivity index (χ0) is 37.8. The average Bonchev–Trinajstić information content (AvgIpc) is 3.48. The van der Waals surface area contributed by atoms with Crippen LogP contribution < -0.4 is 27.3 Å². The molecule has 2 aromatic heterocycles. The van der Waals surface area contributed by atoms with Crippen LogP contribution in [0.3, 0.4) is 0 Å². The Balaban J connectivity index is 0.00000300. The van der Waals surface area contributed by atoms with Gasteiger partial charge in [-0.2, -0.15) is 0 Å². The highest BCUT2D eigenvalue weighted by atomic mass is 35.5. The Morgan fingerprint density at radius 3 is 2.43 bits per heavy atom. The number of H-pyrrole nitrogens is 1. The monoisotopic (exact) mass is 803 g/mol. The second kappa shape index (κ2) is 18.7. The summed E-state index contributed by atoms with van der Waals surface area (Å²) >= 11 is 0. The number of phenolic OH excluding ortho intramolecular Hbond substituents is 1. The highest BCUT2D eigenvalue weighted by Crippen LogP contribution is 2.36. The van der Waals surface area contributed by atoms with E-state index in [1.54, 1.807) is 16.7 Å². The molecule has 0 unspecified atom stereocenters. The second-order valence-electron chi connectivity index (χ2n) is 14.1. The lowest BCUT2D eigenvalue weighted by Crippen LogP contribution is -2.44. The fourth-order valence-electron chi connectivity index (χ4n) is 7.66. The van der Waals surface area contributed by atoms with Crippen LogP contribution in [0.15, 0.2) is 105 Å². The lowest BCUT2D eigenvalue weighted by molar-refractivity contribution is 0.176. The van der Waals surface area contributed by atoms with Crippen LogP contribution in [0.25, 0.3) is 33.1 Å². The Labute approximate surface area is 335 Å². The summed E-state index contributed by atoms with van der Waals surface area (Å²) in [5.41, 5.74) is 12.3. The minimum Gasteiger partial charge on any atom is -0.506 e. The maximum Gasteiger partial charge on any atom is 0.419 e. The van der Waals surface area contributed by atoms with Crippen LogP contribution in [0.1, 0.15) is 61.3 Å². The smallest absolute Gasteiger partial charge is 0.419 e. The summed E-state index contributed by atoms with van der Waals surface area (Å²) in [5, 5.41) is 35.2. The minimum atomic E-state index is -0.958. The first-order valence-corrected chi connectivity index (χ1v) is 18.5. The zero-order valence-electron chi connectivity index (χ0n) is 30.7. The molecule has 1 atom stereocenters. The molecule has 296 valence electrons. The summed E-state index contributed by atoms with van der Waals surface area (Å²) < 4.78 is 7.26. The van der Waals surface area contributed by atoms with E-state index in [4.69, 9.17) is 10.2 Å². The number of fused-ring (bicyclic) bond motifs is 2. The van der Waals surface area contributed by atoms with Gasteiger partial charge in [0.15, 0.2) is 5.58 Å². The van der Waals surface area contributed by atoms with E-state index in [2.05, 4.69) is 16.4 Å². The summed E-state index contributed by atoms with van der Waals surface area (Å²) in [4.78, 5) is 41.4. The summed E-state index contributed by atoms with van der Waals surface area (Å²) in [6.07, 6.45) is 3.53. The number of hydrogen-bond acceptors (Lipinski definition) is 8. The molecule has 1 aliphatic carbocycles. The van der Waals surface area contributed by atoms with Gasteiger partial charge in [-0.3, -0.25) is 14.3 Å². The number of hydrogen-bond donors (Lipinski definition) is 6. The van der Waals surface area contributed by atoms with Crippen LogP contribution in [0.2, 0.25) is 0 Å². The molecule has 7 rings (SSSR count). The largest absolute Gasteiger partial charge is 0.506 e. The van der Waals surface area contributed by atoms with Crippen LogP contribution in [0.5, 0.6) is 5.75 Å². The SMILES string of the molecule is Cl.Cl.NC1CCC(N(C(=O)O)c2ccc(CCCCn3c(=O)oc4cc(CNC[C@@H](O)c5ccc(O)c6[nH]c(=O)ccc56)ccc43)cc2-c2ccccc2)CC1. The molecule has 12 nitrogen and oxygen atoms in total. The number of oxazole rings is 1. The summed E-state index contributed by atoms with van der Waals surface area (Å²) in [5.74, 6) is -0.487. The number of aromatic amines is 1. The third-order valence-corrected chi connectivity index (χ3v) is 10.5. The number of rotatable bonds is 13. The van der Waals surface area contributed by atoms with Crippen LogP contribution in [0.4, 0.5) is 10.5 Å². The second-order valence-corrected chi connectivity index (χ2v) is 14.1. The van der Waals surface area contributed by atoms with Crippen molar-refractivity contribution in [1.29, 1.82) is 0 Å². The van der Waals surface area contributed by atoms with E-state index in [9.17, 15) is 29.7 Å².